The average molecular weight is 389 g/mol. The maximum absolute atomic E-state index is 5.63. The number of ether oxygens (including phenoxy) is 1. The molecule has 1 saturated heterocycles. The van der Waals surface area contributed by atoms with Crippen molar-refractivity contribution < 1.29 is 4.74 Å². The van der Waals surface area contributed by atoms with E-state index in [0.717, 1.165) is 51.5 Å². The molecule has 1 fully saturated rings. The van der Waals surface area contributed by atoms with Crippen molar-refractivity contribution in [2.45, 2.75) is 19.9 Å². The van der Waals surface area contributed by atoms with E-state index in [0.29, 0.717) is 13.2 Å². The van der Waals surface area contributed by atoms with Crippen molar-refractivity contribution in [1.29, 1.82) is 0 Å². The topological polar surface area (TPSA) is 84.8 Å². The normalized spacial score (nSPS) is 17.2. The van der Waals surface area contributed by atoms with E-state index in [1.807, 2.05) is 30.2 Å². The summed E-state index contributed by atoms with van der Waals surface area (Å²) in [5.41, 5.74) is 6.74. The molecule has 148 valence electrons. The molecule has 0 aliphatic carbocycles. The summed E-state index contributed by atoms with van der Waals surface area (Å²) >= 11 is 0. The number of aryl methyl sites for hydroxylation is 2. The van der Waals surface area contributed by atoms with Gasteiger partial charge in [-0.1, -0.05) is 0 Å². The maximum Gasteiger partial charge on any atom is 0.139 e. The highest BCUT2D eigenvalue weighted by atomic mass is 16.5. The molecule has 1 aliphatic rings. The van der Waals surface area contributed by atoms with Gasteiger partial charge in [-0.05, 0) is 43.2 Å². The van der Waals surface area contributed by atoms with Crippen molar-refractivity contribution in [2.75, 3.05) is 24.7 Å². The van der Waals surface area contributed by atoms with Crippen LogP contribution in [0.2, 0.25) is 0 Å². The quantitative estimate of drug-likeness (QED) is 0.580. The zero-order valence-corrected chi connectivity index (χ0v) is 16.8. The summed E-state index contributed by atoms with van der Waals surface area (Å²) in [7, 11) is 1.96. The number of nitrogens with zero attached hydrogens (tertiary/aromatic N) is 6. The largest absolute Gasteiger partial charge is 0.377 e. The zero-order chi connectivity index (χ0) is 20.0. The molecule has 1 aliphatic heterocycles. The van der Waals surface area contributed by atoms with Crippen LogP contribution in [0.5, 0.6) is 0 Å². The molecule has 0 aromatic carbocycles. The molecule has 0 saturated carbocycles. The molecular formula is C21H23N7O. The van der Waals surface area contributed by atoms with E-state index in [1.165, 1.54) is 0 Å². The highest BCUT2D eigenvalue weighted by Crippen LogP contribution is 2.37. The van der Waals surface area contributed by atoms with Gasteiger partial charge < -0.3 is 9.64 Å². The highest BCUT2D eigenvalue weighted by molar-refractivity contribution is 6.00. The Bertz CT molecular complexity index is 1170. The minimum absolute atomic E-state index is 0.255. The number of morpholine rings is 1. The molecule has 0 amide bonds. The first-order chi connectivity index (χ1) is 14.1. The van der Waals surface area contributed by atoms with E-state index in [9.17, 15) is 0 Å². The molecular weight excluding hydrogens is 366 g/mol. The van der Waals surface area contributed by atoms with Gasteiger partial charge in [0.25, 0.3) is 0 Å². The van der Waals surface area contributed by atoms with E-state index < -0.39 is 0 Å². The molecule has 1 N–H and O–H groups in total. The molecule has 0 bridgehead atoms. The molecule has 0 spiro atoms. The second-order valence-electron chi connectivity index (χ2n) is 7.46. The zero-order valence-electron chi connectivity index (χ0n) is 16.8. The number of anilines is 1. The Morgan fingerprint density at radius 2 is 2.14 bits per heavy atom. The first-order valence-corrected chi connectivity index (χ1v) is 9.76. The molecule has 8 nitrogen and oxygen atoms in total. The number of hydrogen-bond acceptors (Lipinski definition) is 6. The summed E-state index contributed by atoms with van der Waals surface area (Å²) < 4.78 is 7.53. The van der Waals surface area contributed by atoms with Crippen LogP contribution in [0.4, 0.5) is 5.82 Å². The van der Waals surface area contributed by atoms with Gasteiger partial charge in [-0.3, -0.25) is 14.8 Å². The van der Waals surface area contributed by atoms with Crippen LogP contribution < -0.4 is 4.90 Å². The van der Waals surface area contributed by atoms with Crippen LogP contribution in [-0.2, 0) is 11.8 Å². The fourth-order valence-electron chi connectivity index (χ4n) is 4.03. The number of H-pyrrole nitrogens is 1. The lowest BCUT2D eigenvalue weighted by Crippen LogP contribution is -2.44. The summed E-state index contributed by atoms with van der Waals surface area (Å²) in [5, 5.41) is 12.0. The van der Waals surface area contributed by atoms with Crippen molar-refractivity contribution in [3.63, 3.8) is 0 Å². The second kappa shape index (κ2) is 6.97. The number of aromatic nitrogens is 6. The van der Waals surface area contributed by atoms with Gasteiger partial charge in [0.2, 0.25) is 0 Å². The molecule has 4 aromatic heterocycles. The summed E-state index contributed by atoms with van der Waals surface area (Å²) in [5.74, 6) is 0.935. The summed E-state index contributed by atoms with van der Waals surface area (Å²) in [6.45, 7) is 6.46. The van der Waals surface area contributed by atoms with Crippen LogP contribution in [0.15, 0.2) is 36.8 Å². The molecule has 0 radical (unpaired) electrons. The van der Waals surface area contributed by atoms with Crippen LogP contribution in [-0.4, -0.2) is 55.7 Å². The number of pyridine rings is 2. The smallest absolute Gasteiger partial charge is 0.139 e. The number of aromatic amines is 1. The van der Waals surface area contributed by atoms with Crippen LogP contribution >= 0.6 is 0 Å². The van der Waals surface area contributed by atoms with Gasteiger partial charge in [0, 0.05) is 37.7 Å². The Balaban J connectivity index is 1.81. The minimum Gasteiger partial charge on any atom is -0.377 e. The lowest BCUT2D eigenvalue weighted by Gasteiger charge is -2.34. The van der Waals surface area contributed by atoms with E-state index in [1.54, 1.807) is 6.20 Å². The molecule has 1 unspecified atom stereocenters. The number of nitrogens with one attached hydrogen (secondary N) is 1. The van der Waals surface area contributed by atoms with E-state index in [4.69, 9.17) is 14.8 Å². The number of fused-ring (bicyclic) bond motifs is 1. The van der Waals surface area contributed by atoms with Gasteiger partial charge >= 0.3 is 0 Å². The third-order valence-electron chi connectivity index (χ3n) is 5.49. The predicted molar refractivity (Wildman–Crippen MR) is 112 cm³/mol. The lowest BCUT2D eigenvalue weighted by molar-refractivity contribution is 0.0986. The average Bonchev–Trinajstić information content (AvgIpc) is 3.36. The molecule has 8 heteroatoms. The Hall–Kier alpha value is -3.26. The number of rotatable bonds is 3. The van der Waals surface area contributed by atoms with Crippen LogP contribution in [0.1, 0.15) is 12.5 Å². The van der Waals surface area contributed by atoms with E-state index in [2.05, 4.69) is 46.1 Å². The SMILES string of the molecule is Cc1cnccc1-c1cc(N2CCOCC2C)nc2c(-c3cc[nH]n3)nn(C)c12. The summed E-state index contributed by atoms with van der Waals surface area (Å²) in [4.78, 5) is 11.6. The van der Waals surface area contributed by atoms with Gasteiger partial charge in [-0.25, -0.2) is 4.98 Å². The fourth-order valence-corrected chi connectivity index (χ4v) is 4.03. The first-order valence-electron chi connectivity index (χ1n) is 9.76. The monoisotopic (exact) mass is 389 g/mol. The van der Waals surface area contributed by atoms with Gasteiger partial charge in [-0.2, -0.15) is 10.2 Å². The maximum atomic E-state index is 5.63. The van der Waals surface area contributed by atoms with Gasteiger partial charge in [0.15, 0.2) is 0 Å². The van der Waals surface area contributed by atoms with Crippen LogP contribution in [0.25, 0.3) is 33.5 Å². The molecule has 5 rings (SSSR count). The lowest BCUT2D eigenvalue weighted by atomic mass is 10.0. The van der Waals surface area contributed by atoms with E-state index >= 15 is 0 Å². The third-order valence-corrected chi connectivity index (χ3v) is 5.49. The van der Waals surface area contributed by atoms with E-state index in [-0.39, 0.29) is 6.04 Å². The van der Waals surface area contributed by atoms with Crippen molar-refractivity contribution >= 4 is 16.9 Å². The molecule has 29 heavy (non-hydrogen) atoms. The Morgan fingerprint density at radius 3 is 2.90 bits per heavy atom. The van der Waals surface area contributed by atoms with Gasteiger partial charge in [0.1, 0.15) is 22.7 Å². The predicted octanol–water partition coefficient (Wildman–Crippen LogP) is 2.95. The molecule has 5 heterocycles. The van der Waals surface area contributed by atoms with Crippen molar-refractivity contribution in [3.8, 4) is 22.5 Å². The highest BCUT2D eigenvalue weighted by Gasteiger charge is 2.25. The van der Waals surface area contributed by atoms with Gasteiger partial charge in [0.05, 0.1) is 24.8 Å². The Labute approximate surface area is 168 Å². The summed E-state index contributed by atoms with van der Waals surface area (Å²) in [6.07, 6.45) is 5.53. The Morgan fingerprint density at radius 1 is 1.24 bits per heavy atom. The second-order valence-corrected chi connectivity index (χ2v) is 7.46. The Kier molecular flexibility index (Phi) is 4.28. The van der Waals surface area contributed by atoms with Crippen molar-refractivity contribution in [1.82, 2.24) is 29.9 Å². The fraction of sp³-hybridized carbons (Fsp3) is 0.333. The third kappa shape index (κ3) is 2.96. The van der Waals surface area contributed by atoms with Crippen molar-refractivity contribution in [3.05, 3.63) is 42.4 Å². The van der Waals surface area contributed by atoms with Gasteiger partial charge in [-0.15, -0.1) is 0 Å². The van der Waals surface area contributed by atoms with Crippen molar-refractivity contribution in [2.24, 2.45) is 7.05 Å². The standard InChI is InChI=1S/C21H23N7O/c1-13-11-22-6-4-15(13)16-10-18(28-8-9-29-12-14(28)2)24-20-19(17-5-7-23-25-17)26-27(3)21(16)20/h4-7,10-11,14H,8-9,12H2,1-3H3,(H,23,25). The summed E-state index contributed by atoms with van der Waals surface area (Å²) in [6, 6.07) is 6.40. The minimum atomic E-state index is 0.255. The molecule has 1 atom stereocenters. The van der Waals surface area contributed by atoms with Crippen LogP contribution in [0, 0.1) is 6.92 Å². The molecule has 4 aromatic rings. The number of hydrogen-bond donors (Lipinski definition) is 1. The van der Waals surface area contributed by atoms with Crippen LogP contribution in [0.3, 0.4) is 0 Å². The first kappa shape index (κ1) is 17.8.